The van der Waals surface area contributed by atoms with E-state index in [0.717, 1.165) is 31.5 Å². The van der Waals surface area contributed by atoms with Gasteiger partial charge in [-0.25, -0.2) is 0 Å². The molecule has 0 bridgehead atoms. The number of nitrogens with one attached hydrogen (secondary N) is 1. The standard InChI is InChI=1S/C16H22ClN3O3/c17-14-4-2-1-3-12(14)10-23-11-16(22)19-13-5-7-20(8-6-13)9-15(18)21/h1-4,13H,5-11H2,(H2,18,21)(H,19,22). The van der Waals surface area contributed by atoms with Gasteiger partial charge in [0.15, 0.2) is 0 Å². The van der Waals surface area contributed by atoms with Crippen LogP contribution in [0.3, 0.4) is 0 Å². The van der Waals surface area contributed by atoms with Gasteiger partial charge in [-0.05, 0) is 24.5 Å². The Morgan fingerprint density at radius 2 is 2.00 bits per heavy atom. The number of nitrogens with zero attached hydrogens (tertiary/aromatic N) is 1. The highest BCUT2D eigenvalue weighted by Crippen LogP contribution is 2.15. The Bertz CT molecular complexity index is 545. The van der Waals surface area contributed by atoms with E-state index >= 15 is 0 Å². The fraction of sp³-hybridized carbons (Fsp3) is 0.500. The Labute approximate surface area is 140 Å². The molecular formula is C16H22ClN3O3. The summed E-state index contributed by atoms with van der Waals surface area (Å²) < 4.78 is 5.41. The van der Waals surface area contributed by atoms with Gasteiger partial charge in [0.2, 0.25) is 11.8 Å². The van der Waals surface area contributed by atoms with Crippen LogP contribution in [0, 0.1) is 0 Å². The number of hydrogen-bond donors (Lipinski definition) is 2. The van der Waals surface area contributed by atoms with Crippen LogP contribution in [0.4, 0.5) is 0 Å². The molecule has 126 valence electrons. The largest absolute Gasteiger partial charge is 0.369 e. The molecule has 0 radical (unpaired) electrons. The van der Waals surface area contributed by atoms with Gasteiger partial charge >= 0.3 is 0 Å². The smallest absolute Gasteiger partial charge is 0.246 e. The zero-order chi connectivity index (χ0) is 16.7. The number of carbonyl (C=O) groups excluding carboxylic acids is 2. The molecule has 1 aromatic carbocycles. The molecular weight excluding hydrogens is 318 g/mol. The lowest BCUT2D eigenvalue weighted by Crippen LogP contribution is -2.47. The lowest BCUT2D eigenvalue weighted by molar-refractivity contribution is -0.127. The van der Waals surface area contributed by atoms with Crippen molar-refractivity contribution >= 4 is 23.4 Å². The normalized spacial score (nSPS) is 16.2. The zero-order valence-corrected chi connectivity index (χ0v) is 13.7. The number of carbonyl (C=O) groups is 2. The first-order valence-corrected chi connectivity index (χ1v) is 8.03. The van der Waals surface area contributed by atoms with Crippen molar-refractivity contribution in [3.05, 3.63) is 34.9 Å². The molecule has 23 heavy (non-hydrogen) atoms. The molecule has 1 heterocycles. The second-order valence-corrected chi connectivity index (χ2v) is 6.08. The minimum atomic E-state index is -0.319. The molecule has 2 amide bonds. The van der Waals surface area contributed by atoms with Gasteiger partial charge in [0.25, 0.3) is 0 Å². The van der Waals surface area contributed by atoms with Crippen LogP contribution in [-0.4, -0.2) is 49.0 Å². The van der Waals surface area contributed by atoms with Gasteiger partial charge in [0, 0.05) is 24.2 Å². The van der Waals surface area contributed by atoms with Crippen molar-refractivity contribution in [2.45, 2.75) is 25.5 Å². The van der Waals surface area contributed by atoms with E-state index in [1.165, 1.54) is 0 Å². The molecule has 0 spiro atoms. The van der Waals surface area contributed by atoms with Gasteiger partial charge in [-0.1, -0.05) is 29.8 Å². The predicted octanol–water partition coefficient (Wildman–Crippen LogP) is 0.923. The van der Waals surface area contributed by atoms with Crippen molar-refractivity contribution in [2.24, 2.45) is 5.73 Å². The number of nitrogens with two attached hydrogens (primary N) is 1. The lowest BCUT2D eigenvalue weighted by Gasteiger charge is -2.31. The Hall–Kier alpha value is -1.63. The average Bonchev–Trinajstić information content (AvgIpc) is 2.51. The van der Waals surface area contributed by atoms with E-state index in [1.54, 1.807) is 6.07 Å². The van der Waals surface area contributed by atoms with E-state index in [4.69, 9.17) is 22.1 Å². The molecule has 0 unspecified atom stereocenters. The van der Waals surface area contributed by atoms with Crippen LogP contribution in [0.15, 0.2) is 24.3 Å². The Morgan fingerprint density at radius 3 is 2.65 bits per heavy atom. The predicted molar refractivity (Wildman–Crippen MR) is 87.9 cm³/mol. The van der Waals surface area contributed by atoms with Crippen LogP contribution in [0.25, 0.3) is 0 Å². The van der Waals surface area contributed by atoms with Crippen molar-refractivity contribution in [1.29, 1.82) is 0 Å². The number of piperidine rings is 1. The van der Waals surface area contributed by atoms with E-state index in [0.29, 0.717) is 11.6 Å². The first-order chi connectivity index (χ1) is 11.0. The molecule has 1 saturated heterocycles. The van der Waals surface area contributed by atoms with Gasteiger partial charge < -0.3 is 15.8 Å². The average molecular weight is 340 g/mol. The first-order valence-electron chi connectivity index (χ1n) is 7.66. The summed E-state index contributed by atoms with van der Waals surface area (Å²) in [5.74, 6) is -0.453. The molecule has 0 aliphatic carbocycles. The summed E-state index contributed by atoms with van der Waals surface area (Å²) in [4.78, 5) is 24.8. The summed E-state index contributed by atoms with van der Waals surface area (Å²) in [5, 5.41) is 3.59. The van der Waals surface area contributed by atoms with E-state index in [2.05, 4.69) is 5.32 Å². The Kier molecular flexibility index (Phi) is 6.83. The molecule has 6 nitrogen and oxygen atoms in total. The highest BCUT2D eigenvalue weighted by molar-refractivity contribution is 6.31. The number of halogens is 1. The maximum absolute atomic E-state index is 11.9. The van der Waals surface area contributed by atoms with Crippen LogP contribution in [0.5, 0.6) is 0 Å². The van der Waals surface area contributed by atoms with Crippen molar-refractivity contribution < 1.29 is 14.3 Å². The van der Waals surface area contributed by atoms with Gasteiger partial charge in [0.1, 0.15) is 6.61 Å². The zero-order valence-electron chi connectivity index (χ0n) is 13.0. The third-order valence-corrected chi connectivity index (χ3v) is 4.15. The molecule has 7 heteroatoms. The maximum Gasteiger partial charge on any atom is 0.246 e. The Morgan fingerprint density at radius 1 is 1.30 bits per heavy atom. The summed E-state index contributed by atoms with van der Waals surface area (Å²) in [7, 11) is 0. The minimum Gasteiger partial charge on any atom is -0.369 e. The van der Waals surface area contributed by atoms with Crippen molar-refractivity contribution in [1.82, 2.24) is 10.2 Å². The lowest BCUT2D eigenvalue weighted by atomic mass is 10.1. The molecule has 0 atom stereocenters. The van der Waals surface area contributed by atoms with E-state index in [9.17, 15) is 9.59 Å². The highest BCUT2D eigenvalue weighted by atomic mass is 35.5. The van der Waals surface area contributed by atoms with E-state index in [1.807, 2.05) is 23.1 Å². The summed E-state index contributed by atoms with van der Waals surface area (Å²) in [6.45, 7) is 2.11. The molecule has 0 saturated carbocycles. The van der Waals surface area contributed by atoms with E-state index in [-0.39, 0.29) is 31.0 Å². The fourth-order valence-corrected chi connectivity index (χ4v) is 2.78. The minimum absolute atomic E-state index is 0.00667. The second kappa shape index (κ2) is 8.86. The number of hydrogen-bond acceptors (Lipinski definition) is 4. The molecule has 0 aromatic heterocycles. The van der Waals surface area contributed by atoms with Crippen molar-refractivity contribution in [3.63, 3.8) is 0 Å². The third-order valence-electron chi connectivity index (χ3n) is 3.78. The van der Waals surface area contributed by atoms with Crippen LogP contribution in [0.2, 0.25) is 5.02 Å². The molecule has 1 aliphatic heterocycles. The molecule has 1 aromatic rings. The quantitative estimate of drug-likeness (QED) is 0.773. The van der Waals surface area contributed by atoms with Gasteiger partial charge in [-0.15, -0.1) is 0 Å². The monoisotopic (exact) mass is 339 g/mol. The fourth-order valence-electron chi connectivity index (χ4n) is 2.59. The van der Waals surface area contributed by atoms with E-state index < -0.39 is 0 Å². The van der Waals surface area contributed by atoms with Crippen LogP contribution >= 0.6 is 11.6 Å². The number of rotatable bonds is 7. The molecule has 1 fully saturated rings. The van der Waals surface area contributed by atoms with Crippen molar-refractivity contribution in [3.8, 4) is 0 Å². The van der Waals surface area contributed by atoms with Crippen LogP contribution in [0.1, 0.15) is 18.4 Å². The van der Waals surface area contributed by atoms with Gasteiger partial charge in [0.05, 0.1) is 13.2 Å². The summed E-state index contributed by atoms with van der Waals surface area (Å²) in [5.41, 5.74) is 6.04. The number of benzene rings is 1. The number of likely N-dealkylation sites (tertiary alicyclic amines) is 1. The second-order valence-electron chi connectivity index (χ2n) is 5.67. The van der Waals surface area contributed by atoms with Crippen LogP contribution < -0.4 is 11.1 Å². The highest BCUT2D eigenvalue weighted by Gasteiger charge is 2.21. The number of amides is 2. The van der Waals surface area contributed by atoms with Gasteiger partial charge in [-0.2, -0.15) is 0 Å². The summed E-state index contributed by atoms with van der Waals surface area (Å²) in [6, 6.07) is 7.51. The number of ether oxygens (including phenoxy) is 1. The molecule has 3 N–H and O–H groups in total. The Balaban J connectivity index is 1.64. The SMILES string of the molecule is NC(=O)CN1CCC(NC(=O)COCc2ccccc2Cl)CC1. The molecule has 1 aliphatic rings. The maximum atomic E-state index is 11.9. The third kappa shape index (κ3) is 6.17. The summed E-state index contributed by atoms with van der Waals surface area (Å²) >= 11 is 6.03. The first kappa shape index (κ1) is 17.7. The van der Waals surface area contributed by atoms with Crippen molar-refractivity contribution in [2.75, 3.05) is 26.2 Å². The van der Waals surface area contributed by atoms with Gasteiger partial charge in [-0.3, -0.25) is 14.5 Å². The topological polar surface area (TPSA) is 84.7 Å². The number of primary amides is 1. The summed E-state index contributed by atoms with van der Waals surface area (Å²) in [6.07, 6.45) is 1.62. The molecule has 2 rings (SSSR count). The van der Waals surface area contributed by atoms with Crippen LogP contribution in [-0.2, 0) is 20.9 Å².